The molecule has 0 saturated carbocycles. The summed E-state index contributed by atoms with van der Waals surface area (Å²) >= 11 is 0. The first kappa shape index (κ1) is 36.8. The van der Waals surface area contributed by atoms with Crippen LogP contribution in [0, 0.1) is 0 Å². The second kappa shape index (κ2) is 14.9. The molecule has 0 N–H and O–H groups in total. The first-order valence-electron chi connectivity index (χ1n) is 16.4. The van der Waals surface area contributed by atoms with Crippen LogP contribution in [0.15, 0.2) is 60.7 Å². The third-order valence-electron chi connectivity index (χ3n) is 7.77. The number of rotatable bonds is 8. The molecule has 1 heterocycles. The first-order valence-corrected chi connectivity index (χ1v) is 16.4. The molecule has 2 unspecified atom stereocenters. The molecule has 4 aromatic carbocycles. The van der Waals surface area contributed by atoms with E-state index in [9.17, 15) is 28.8 Å². The summed E-state index contributed by atoms with van der Waals surface area (Å²) in [6, 6.07) is 15.7. The fraction of sp³-hybridized carbons (Fsp3) is 0.200. The molecule has 1 aliphatic carbocycles. The zero-order valence-corrected chi connectivity index (χ0v) is 29.8. The summed E-state index contributed by atoms with van der Waals surface area (Å²) in [5.41, 5.74) is 2.83. The summed E-state index contributed by atoms with van der Waals surface area (Å²) in [6.45, 7) is 7.33. The summed E-state index contributed by atoms with van der Waals surface area (Å²) in [7, 11) is 0. The molecule has 14 nitrogen and oxygen atoms in total. The minimum Gasteiger partial charge on any atom is -0.478 e. The SMILES string of the molecule is CC(=O)Oc1cc(C=Cc2ccc3c(c2)OC2c4cc(OC(C)=O)c(OC(C)=O)cc4-c4c(OC(C)=O)cc(OC(C)=O)cc4C2O3)cc(OC(C)=O)c1. The lowest BCUT2D eigenvalue weighted by molar-refractivity contribution is -0.134. The second-order valence-electron chi connectivity index (χ2n) is 12.2. The summed E-state index contributed by atoms with van der Waals surface area (Å²) in [4.78, 5) is 71.8. The van der Waals surface area contributed by atoms with E-state index in [2.05, 4.69) is 0 Å². The maximum Gasteiger partial charge on any atom is 0.308 e. The molecule has 0 bridgehead atoms. The molecule has 0 radical (unpaired) electrons. The summed E-state index contributed by atoms with van der Waals surface area (Å²) in [6.07, 6.45) is 1.63. The Bertz CT molecular complexity index is 2250. The standard InChI is InChI=1S/C40H32O14/c1-19(41)47-27-11-26(12-28(14-27)48-20(2)42)8-7-25-9-10-33-34(13-25)54-39-31-18-36(51-23(5)45)35(50-22(4)44)17-30(31)38-32(40(39)53-33)15-29(49-21(3)43)16-37(38)52-24(6)46/h7-18,39-40H,1-6H3. The Morgan fingerprint density at radius 2 is 0.944 bits per heavy atom. The van der Waals surface area contributed by atoms with Crippen molar-refractivity contribution in [1.82, 2.24) is 0 Å². The van der Waals surface area contributed by atoms with Crippen LogP contribution in [0.5, 0.6) is 46.0 Å². The Labute approximate surface area is 308 Å². The average molecular weight is 737 g/mol. The van der Waals surface area contributed by atoms with Crippen molar-refractivity contribution in [2.45, 2.75) is 53.8 Å². The van der Waals surface area contributed by atoms with Gasteiger partial charge in [-0.2, -0.15) is 0 Å². The summed E-state index contributed by atoms with van der Waals surface area (Å²) in [5, 5.41) is 0. The van der Waals surface area contributed by atoms with Gasteiger partial charge >= 0.3 is 35.8 Å². The third-order valence-corrected chi connectivity index (χ3v) is 7.77. The fourth-order valence-corrected chi connectivity index (χ4v) is 6.08. The second-order valence-corrected chi connectivity index (χ2v) is 12.2. The highest BCUT2D eigenvalue weighted by Crippen LogP contribution is 2.57. The Morgan fingerprint density at radius 3 is 1.52 bits per heavy atom. The molecule has 4 aromatic rings. The molecule has 0 fully saturated rings. The van der Waals surface area contributed by atoms with Gasteiger partial charge in [-0.1, -0.05) is 18.2 Å². The van der Waals surface area contributed by atoms with Crippen molar-refractivity contribution in [3.05, 3.63) is 82.9 Å². The van der Waals surface area contributed by atoms with Crippen LogP contribution in [0.2, 0.25) is 0 Å². The van der Waals surface area contributed by atoms with E-state index >= 15 is 0 Å². The van der Waals surface area contributed by atoms with E-state index in [0.717, 1.165) is 0 Å². The smallest absolute Gasteiger partial charge is 0.308 e. The van der Waals surface area contributed by atoms with Crippen molar-refractivity contribution in [2.75, 3.05) is 0 Å². The number of esters is 6. The predicted octanol–water partition coefficient (Wildman–Crippen LogP) is 6.64. The number of carbonyl (C=O) groups is 6. The van der Waals surface area contributed by atoms with E-state index < -0.39 is 48.0 Å². The number of ether oxygens (including phenoxy) is 8. The minimum absolute atomic E-state index is 0.0227. The molecule has 276 valence electrons. The van der Waals surface area contributed by atoms with Crippen molar-refractivity contribution in [1.29, 1.82) is 0 Å². The molecule has 0 amide bonds. The number of benzene rings is 4. The van der Waals surface area contributed by atoms with Gasteiger partial charge in [-0.3, -0.25) is 28.8 Å². The Balaban J connectivity index is 1.47. The molecule has 0 saturated heterocycles. The zero-order valence-electron chi connectivity index (χ0n) is 29.8. The molecular formula is C40H32O14. The van der Waals surface area contributed by atoms with Gasteiger partial charge in [0.1, 0.15) is 23.0 Å². The van der Waals surface area contributed by atoms with E-state index in [4.69, 9.17) is 37.9 Å². The van der Waals surface area contributed by atoms with Gasteiger partial charge < -0.3 is 37.9 Å². The zero-order chi connectivity index (χ0) is 38.8. The normalized spacial score (nSPS) is 14.8. The highest BCUT2D eigenvalue weighted by Gasteiger charge is 2.44. The predicted molar refractivity (Wildman–Crippen MR) is 188 cm³/mol. The van der Waals surface area contributed by atoms with E-state index in [-0.39, 0.29) is 34.5 Å². The van der Waals surface area contributed by atoms with Gasteiger partial charge in [0, 0.05) is 70.4 Å². The molecule has 2 aliphatic rings. The van der Waals surface area contributed by atoms with Crippen molar-refractivity contribution in [3.63, 3.8) is 0 Å². The highest BCUT2D eigenvalue weighted by atomic mass is 16.6. The largest absolute Gasteiger partial charge is 0.478 e. The van der Waals surface area contributed by atoms with Gasteiger partial charge in [0.05, 0.1) is 0 Å². The molecule has 1 aliphatic heterocycles. The van der Waals surface area contributed by atoms with Gasteiger partial charge in [0.15, 0.2) is 35.2 Å². The van der Waals surface area contributed by atoms with E-state index in [0.29, 0.717) is 44.9 Å². The lowest BCUT2D eigenvalue weighted by Gasteiger charge is -2.40. The monoisotopic (exact) mass is 736 g/mol. The van der Waals surface area contributed by atoms with Crippen molar-refractivity contribution in [3.8, 4) is 57.1 Å². The van der Waals surface area contributed by atoms with E-state index in [1.165, 1.54) is 65.8 Å². The molecule has 0 spiro atoms. The fourth-order valence-electron chi connectivity index (χ4n) is 6.08. The topological polar surface area (TPSA) is 176 Å². The van der Waals surface area contributed by atoms with Gasteiger partial charge in [0.2, 0.25) is 0 Å². The molecule has 6 rings (SSSR count). The summed E-state index contributed by atoms with van der Waals surface area (Å²) in [5.74, 6) is -2.75. The summed E-state index contributed by atoms with van der Waals surface area (Å²) < 4.78 is 45.5. The number of carbonyl (C=O) groups excluding carboxylic acids is 6. The Kier molecular flexibility index (Phi) is 10.2. The van der Waals surface area contributed by atoms with Crippen LogP contribution in [-0.4, -0.2) is 35.8 Å². The first-order chi connectivity index (χ1) is 25.6. The van der Waals surface area contributed by atoms with Crippen LogP contribution in [0.3, 0.4) is 0 Å². The van der Waals surface area contributed by atoms with Gasteiger partial charge in [-0.15, -0.1) is 0 Å². The lowest BCUT2D eigenvalue weighted by atomic mass is 9.80. The van der Waals surface area contributed by atoms with Crippen LogP contribution in [-0.2, 0) is 28.8 Å². The maximum atomic E-state index is 12.3. The van der Waals surface area contributed by atoms with Crippen molar-refractivity contribution in [2.24, 2.45) is 0 Å². The highest BCUT2D eigenvalue weighted by molar-refractivity contribution is 5.87. The number of hydrogen-bond acceptors (Lipinski definition) is 14. The van der Waals surface area contributed by atoms with Crippen LogP contribution in [0.4, 0.5) is 0 Å². The molecule has 0 aromatic heterocycles. The van der Waals surface area contributed by atoms with Gasteiger partial charge in [-0.25, -0.2) is 0 Å². The van der Waals surface area contributed by atoms with E-state index in [1.54, 1.807) is 48.6 Å². The van der Waals surface area contributed by atoms with Crippen molar-refractivity contribution < 1.29 is 66.7 Å². The van der Waals surface area contributed by atoms with E-state index in [1.807, 2.05) is 0 Å². The Hall–Kier alpha value is -6.96. The minimum atomic E-state index is -0.927. The van der Waals surface area contributed by atoms with Crippen LogP contribution in [0.25, 0.3) is 23.3 Å². The molecule has 2 atom stereocenters. The van der Waals surface area contributed by atoms with Crippen LogP contribution < -0.4 is 37.9 Å². The maximum absolute atomic E-state index is 12.3. The average Bonchev–Trinajstić information content (AvgIpc) is 3.05. The lowest BCUT2D eigenvalue weighted by Crippen LogP contribution is -2.30. The van der Waals surface area contributed by atoms with Gasteiger partial charge in [-0.05, 0) is 59.2 Å². The number of fused-ring (bicyclic) bond motifs is 7. The molecule has 14 heteroatoms. The third kappa shape index (κ3) is 8.23. The number of hydrogen-bond donors (Lipinski definition) is 0. The molecular weight excluding hydrogens is 704 g/mol. The van der Waals surface area contributed by atoms with Crippen molar-refractivity contribution >= 4 is 48.0 Å². The Morgan fingerprint density at radius 1 is 0.463 bits per heavy atom. The van der Waals surface area contributed by atoms with Crippen LogP contribution in [0.1, 0.15) is 76.0 Å². The quantitative estimate of drug-likeness (QED) is 0.107. The molecule has 54 heavy (non-hydrogen) atoms. The van der Waals surface area contributed by atoms with Crippen LogP contribution >= 0.6 is 0 Å². The van der Waals surface area contributed by atoms with Gasteiger partial charge in [0.25, 0.3) is 0 Å².